The van der Waals surface area contributed by atoms with Crippen molar-refractivity contribution in [3.8, 4) is 0 Å². The van der Waals surface area contributed by atoms with E-state index in [1.165, 1.54) is 0 Å². The minimum absolute atomic E-state index is 0.209. The summed E-state index contributed by atoms with van der Waals surface area (Å²) in [4.78, 5) is 0.619. The molecule has 2 aliphatic heterocycles. The van der Waals surface area contributed by atoms with Crippen molar-refractivity contribution >= 4 is 9.84 Å². The summed E-state index contributed by atoms with van der Waals surface area (Å²) in [5, 5.41) is 0. The second-order valence-corrected chi connectivity index (χ2v) is 8.68. The van der Waals surface area contributed by atoms with Crippen molar-refractivity contribution in [1.82, 2.24) is 0 Å². The molecular weight excluding hydrogens is 336 g/mol. The fraction of sp³-hybridized carbons (Fsp3) is 0.300. The minimum atomic E-state index is -3.57. The third kappa shape index (κ3) is 2.92. The molecule has 130 valence electrons. The van der Waals surface area contributed by atoms with Gasteiger partial charge in [0.2, 0.25) is 9.84 Å². The van der Waals surface area contributed by atoms with Crippen LogP contribution in [-0.2, 0) is 25.9 Å². The van der Waals surface area contributed by atoms with E-state index in [9.17, 15) is 8.42 Å². The predicted octanol–water partition coefficient (Wildman–Crippen LogP) is 3.49. The largest absolute Gasteiger partial charge is 0.367 e. The lowest BCUT2D eigenvalue weighted by Gasteiger charge is -2.32. The van der Waals surface area contributed by atoms with E-state index in [2.05, 4.69) is 0 Å². The maximum Gasteiger partial charge on any atom is 0.205 e. The van der Waals surface area contributed by atoms with Gasteiger partial charge < -0.3 is 9.47 Å². The quantitative estimate of drug-likeness (QED) is 0.823. The van der Waals surface area contributed by atoms with Crippen LogP contribution < -0.4 is 0 Å². The van der Waals surface area contributed by atoms with Gasteiger partial charge in [-0.25, -0.2) is 8.42 Å². The van der Waals surface area contributed by atoms with Crippen LogP contribution >= 0.6 is 0 Å². The van der Waals surface area contributed by atoms with Crippen LogP contribution in [0.2, 0.25) is 0 Å². The summed E-state index contributed by atoms with van der Waals surface area (Å²) < 4.78 is 38.0. The summed E-state index contributed by atoms with van der Waals surface area (Å²) in [5.41, 5.74) is 0.412. The second kappa shape index (κ2) is 6.09. The van der Waals surface area contributed by atoms with E-state index in [0.29, 0.717) is 22.8 Å². The number of benzene rings is 2. The predicted molar refractivity (Wildman–Crippen MR) is 94.6 cm³/mol. The number of fused-ring (bicyclic) bond motifs is 2. The van der Waals surface area contributed by atoms with Crippen LogP contribution in [0.1, 0.15) is 18.9 Å². The van der Waals surface area contributed by atoms with Gasteiger partial charge in [0.15, 0.2) is 0 Å². The molecule has 0 unspecified atom stereocenters. The second-order valence-electron chi connectivity index (χ2n) is 6.73. The monoisotopic (exact) mass is 356 g/mol. The van der Waals surface area contributed by atoms with E-state index in [1.807, 2.05) is 37.3 Å². The Labute approximate surface area is 148 Å². The summed E-state index contributed by atoms with van der Waals surface area (Å²) in [5.74, 6) is 0. The van der Waals surface area contributed by atoms with Crippen LogP contribution in [0, 0.1) is 0 Å². The van der Waals surface area contributed by atoms with Gasteiger partial charge >= 0.3 is 0 Å². The molecule has 3 atom stereocenters. The molecule has 4 rings (SSSR count). The highest BCUT2D eigenvalue weighted by molar-refractivity contribution is 7.95. The molecule has 2 aliphatic rings. The van der Waals surface area contributed by atoms with Crippen LogP contribution in [0.5, 0.6) is 0 Å². The van der Waals surface area contributed by atoms with Crippen molar-refractivity contribution in [2.75, 3.05) is 0 Å². The zero-order valence-electron chi connectivity index (χ0n) is 14.0. The first-order chi connectivity index (χ1) is 12.0. The summed E-state index contributed by atoms with van der Waals surface area (Å²) in [6.45, 7) is 2.37. The van der Waals surface area contributed by atoms with Crippen molar-refractivity contribution < 1.29 is 17.9 Å². The van der Waals surface area contributed by atoms with Crippen molar-refractivity contribution in [3.63, 3.8) is 0 Å². The number of sulfone groups is 1. The Morgan fingerprint density at radius 2 is 1.72 bits per heavy atom. The van der Waals surface area contributed by atoms with Gasteiger partial charge in [0, 0.05) is 6.42 Å². The van der Waals surface area contributed by atoms with Crippen molar-refractivity contribution in [2.45, 2.75) is 42.7 Å². The third-order valence-corrected chi connectivity index (χ3v) is 6.72. The molecule has 0 saturated carbocycles. The molecule has 4 nitrogen and oxygen atoms in total. The molecule has 2 aromatic rings. The molecule has 2 heterocycles. The van der Waals surface area contributed by atoms with E-state index in [-0.39, 0.29) is 6.10 Å². The van der Waals surface area contributed by atoms with Crippen LogP contribution in [0.15, 0.2) is 76.5 Å². The lowest BCUT2D eigenvalue weighted by Crippen LogP contribution is -2.41. The van der Waals surface area contributed by atoms with Gasteiger partial charge in [0.05, 0.1) is 28.1 Å². The smallest absolute Gasteiger partial charge is 0.205 e. The SMILES string of the molecule is C[C@@]1(OCc2ccccc2)C[C@@H]2C=C(S(=O)(=O)c3ccccc3)[C@H]1O2. The maximum absolute atomic E-state index is 13.0. The summed E-state index contributed by atoms with van der Waals surface area (Å²) in [7, 11) is -3.57. The van der Waals surface area contributed by atoms with Crippen LogP contribution in [0.4, 0.5) is 0 Å². The minimum Gasteiger partial charge on any atom is -0.367 e. The molecule has 0 aromatic heterocycles. The Hall–Kier alpha value is -1.95. The molecule has 0 radical (unpaired) electrons. The van der Waals surface area contributed by atoms with Gasteiger partial charge in [-0.3, -0.25) is 0 Å². The van der Waals surface area contributed by atoms with Gasteiger partial charge in [0.1, 0.15) is 6.10 Å². The third-order valence-electron chi connectivity index (χ3n) is 4.86. The molecule has 0 spiro atoms. The first kappa shape index (κ1) is 16.5. The molecule has 1 saturated heterocycles. The molecule has 0 amide bonds. The average Bonchev–Trinajstić information content (AvgIpc) is 3.20. The zero-order valence-corrected chi connectivity index (χ0v) is 14.8. The maximum atomic E-state index is 13.0. The highest BCUT2D eigenvalue weighted by Gasteiger charge is 2.54. The Kier molecular flexibility index (Phi) is 4.02. The first-order valence-corrected chi connectivity index (χ1v) is 9.83. The van der Waals surface area contributed by atoms with Gasteiger partial charge in [0.25, 0.3) is 0 Å². The van der Waals surface area contributed by atoms with Crippen LogP contribution in [0.3, 0.4) is 0 Å². The van der Waals surface area contributed by atoms with E-state index >= 15 is 0 Å². The topological polar surface area (TPSA) is 52.6 Å². The van der Waals surface area contributed by atoms with Gasteiger partial charge in [-0.1, -0.05) is 48.5 Å². The summed E-state index contributed by atoms with van der Waals surface area (Å²) in [6.07, 6.45) is 1.63. The molecule has 1 fully saturated rings. The lowest BCUT2D eigenvalue weighted by atomic mass is 9.90. The van der Waals surface area contributed by atoms with Crippen LogP contribution in [0.25, 0.3) is 0 Å². The van der Waals surface area contributed by atoms with E-state index in [0.717, 1.165) is 5.56 Å². The van der Waals surface area contributed by atoms with Crippen molar-refractivity contribution in [1.29, 1.82) is 0 Å². The van der Waals surface area contributed by atoms with Gasteiger partial charge in [-0.15, -0.1) is 0 Å². The van der Waals surface area contributed by atoms with Crippen LogP contribution in [-0.4, -0.2) is 26.2 Å². The zero-order chi connectivity index (χ0) is 17.5. The number of hydrogen-bond donors (Lipinski definition) is 0. The van der Waals surface area contributed by atoms with Gasteiger partial charge in [-0.2, -0.15) is 0 Å². The molecule has 0 N–H and O–H groups in total. The fourth-order valence-corrected chi connectivity index (χ4v) is 5.24. The van der Waals surface area contributed by atoms with Gasteiger partial charge in [-0.05, 0) is 30.7 Å². The Bertz CT molecular complexity index is 890. The molecule has 2 bridgehead atoms. The van der Waals surface area contributed by atoms with E-state index in [1.54, 1.807) is 36.4 Å². The lowest BCUT2D eigenvalue weighted by molar-refractivity contribution is -0.0719. The Morgan fingerprint density at radius 1 is 1.08 bits per heavy atom. The number of hydrogen-bond acceptors (Lipinski definition) is 4. The molecule has 2 aromatic carbocycles. The molecular formula is C20H20O4S. The van der Waals surface area contributed by atoms with Crippen molar-refractivity contribution in [2.24, 2.45) is 0 Å². The summed E-state index contributed by atoms with van der Waals surface area (Å²) in [6, 6.07) is 18.4. The highest BCUT2D eigenvalue weighted by atomic mass is 32.2. The Balaban J connectivity index is 1.58. The standard InChI is InChI=1S/C20H20O4S/c1-20(23-14-15-8-4-2-5-9-15)13-16-12-18(19(20)24-16)25(21,22)17-10-6-3-7-11-17/h2-12,16,19H,13-14H2,1H3/t16-,19+,20+/m0/s1. The van der Waals surface area contributed by atoms with Crippen molar-refractivity contribution in [3.05, 3.63) is 77.2 Å². The molecule has 0 aliphatic carbocycles. The number of rotatable bonds is 5. The first-order valence-electron chi connectivity index (χ1n) is 8.34. The highest BCUT2D eigenvalue weighted by Crippen LogP contribution is 2.46. The molecule has 5 heteroatoms. The Morgan fingerprint density at radius 3 is 2.36 bits per heavy atom. The summed E-state index contributed by atoms with van der Waals surface area (Å²) >= 11 is 0. The molecule has 25 heavy (non-hydrogen) atoms. The average molecular weight is 356 g/mol. The normalized spacial score (nSPS) is 28.1. The van der Waals surface area contributed by atoms with E-state index < -0.39 is 21.5 Å². The fourth-order valence-electron chi connectivity index (χ4n) is 3.53. The number of ether oxygens (including phenoxy) is 2. The van der Waals surface area contributed by atoms with E-state index in [4.69, 9.17) is 9.47 Å².